The molecular weight excluding hydrogens is 198 g/mol. The Morgan fingerprint density at radius 1 is 1.53 bits per heavy atom. The molecule has 0 aliphatic carbocycles. The molecule has 0 aromatic heterocycles. The maximum atomic E-state index is 10.4. The Balaban J connectivity index is 2.70. The molecule has 0 heterocycles. The zero-order valence-electron chi connectivity index (χ0n) is 8.47. The Hall–Kier alpha value is -1.78. The van der Waals surface area contributed by atoms with Crippen molar-refractivity contribution in [2.45, 2.75) is 19.8 Å². The van der Waals surface area contributed by atoms with Crippen molar-refractivity contribution in [1.29, 1.82) is 0 Å². The van der Waals surface area contributed by atoms with Crippen molar-refractivity contribution >= 4 is 5.69 Å². The van der Waals surface area contributed by atoms with E-state index in [1.807, 2.05) is 6.92 Å². The second-order valence-corrected chi connectivity index (χ2v) is 3.11. The van der Waals surface area contributed by atoms with Crippen molar-refractivity contribution in [3.05, 3.63) is 28.3 Å². The van der Waals surface area contributed by atoms with Crippen LogP contribution in [0.5, 0.6) is 11.5 Å². The highest BCUT2D eigenvalue weighted by Gasteiger charge is 2.10. The minimum Gasteiger partial charge on any atom is -0.504 e. The highest BCUT2D eigenvalue weighted by atomic mass is 16.6. The fourth-order valence-electron chi connectivity index (χ4n) is 1.07. The molecular formula is C10H13NO4. The van der Waals surface area contributed by atoms with Crippen LogP contribution in [0.1, 0.15) is 19.8 Å². The van der Waals surface area contributed by atoms with Crippen LogP contribution < -0.4 is 4.74 Å². The van der Waals surface area contributed by atoms with E-state index in [0.717, 1.165) is 18.9 Å². The van der Waals surface area contributed by atoms with Crippen LogP contribution in [0.15, 0.2) is 18.2 Å². The summed E-state index contributed by atoms with van der Waals surface area (Å²) >= 11 is 0. The average Bonchev–Trinajstić information content (AvgIpc) is 2.20. The van der Waals surface area contributed by atoms with Gasteiger partial charge in [-0.25, -0.2) is 0 Å². The molecule has 5 nitrogen and oxygen atoms in total. The van der Waals surface area contributed by atoms with Crippen LogP contribution in [0.25, 0.3) is 0 Å². The summed E-state index contributed by atoms with van der Waals surface area (Å²) in [6, 6.07) is 3.80. The molecule has 1 N–H and O–H groups in total. The number of nitro benzene ring substituents is 1. The van der Waals surface area contributed by atoms with E-state index in [0.29, 0.717) is 6.61 Å². The van der Waals surface area contributed by atoms with Gasteiger partial charge in [0, 0.05) is 6.07 Å². The molecule has 82 valence electrons. The van der Waals surface area contributed by atoms with E-state index in [4.69, 9.17) is 4.74 Å². The lowest BCUT2D eigenvalue weighted by atomic mass is 10.3. The van der Waals surface area contributed by atoms with E-state index in [1.165, 1.54) is 12.1 Å². The van der Waals surface area contributed by atoms with Gasteiger partial charge < -0.3 is 9.84 Å². The maximum Gasteiger partial charge on any atom is 0.273 e. The van der Waals surface area contributed by atoms with Gasteiger partial charge in [-0.1, -0.05) is 13.3 Å². The molecule has 0 aliphatic rings. The molecule has 0 radical (unpaired) electrons. The number of hydrogen-bond acceptors (Lipinski definition) is 4. The third-order valence-electron chi connectivity index (χ3n) is 1.91. The maximum absolute atomic E-state index is 10.4. The van der Waals surface area contributed by atoms with E-state index in [2.05, 4.69) is 0 Å². The highest BCUT2D eigenvalue weighted by Crippen LogP contribution is 2.29. The molecule has 0 aliphatic heterocycles. The number of unbranched alkanes of at least 4 members (excludes halogenated alkanes) is 1. The van der Waals surface area contributed by atoms with Crippen molar-refractivity contribution in [2.75, 3.05) is 6.61 Å². The lowest BCUT2D eigenvalue weighted by Crippen LogP contribution is -1.97. The van der Waals surface area contributed by atoms with Gasteiger partial charge in [-0.2, -0.15) is 0 Å². The summed E-state index contributed by atoms with van der Waals surface area (Å²) in [5, 5.41) is 19.8. The number of benzene rings is 1. The molecule has 1 aromatic carbocycles. The summed E-state index contributed by atoms with van der Waals surface area (Å²) in [4.78, 5) is 9.82. The van der Waals surface area contributed by atoms with Gasteiger partial charge in [-0.3, -0.25) is 10.1 Å². The molecule has 1 aromatic rings. The second kappa shape index (κ2) is 5.19. The second-order valence-electron chi connectivity index (χ2n) is 3.11. The van der Waals surface area contributed by atoms with E-state index in [1.54, 1.807) is 0 Å². The number of hydrogen-bond donors (Lipinski definition) is 1. The largest absolute Gasteiger partial charge is 0.504 e. The molecule has 5 heteroatoms. The van der Waals surface area contributed by atoms with Gasteiger partial charge in [-0.15, -0.1) is 0 Å². The predicted octanol–water partition coefficient (Wildman–Crippen LogP) is 2.48. The first-order chi connectivity index (χ1) is 7.15. The Morgan fingerprint density at radius 3 is 2.80 bits per heavy atom. The fourth-order valence-corrected chi connectivity index (χ4v) is 1.07. The number of phenols is 1. The van der Waals surface area contributed by atoms with Gasteiger partial charge in [-0.05, 0) is 12.5 Å². The average molecular weight is 211 g/mol. The Labute approximate surface area is 87.5 Å². The molecule has 0 spiro atoms. The first kappa shape index (κ1) is 11.3. The zero-order chi connectivity index (χ0) is 11.3. The number of phenolic OH excluding ortho intramolecular Hbond substituents is 1. The standard InChI is InChI=1S/C10H13NO4/c1-2-3-6-15-10-5-4-8(11(13)14)7-9(10)12/h4-5,7,12H,2-3,6H2,1H3. The first-order valence-corrected chi connectivity index (χ1v) is 4.75. The molecule has 0 saturated carbocycles. The molecule has 0 fully saturated rings. The van der Waals surface area contributed by atoms with Crippen LogP contribution in [-0.4, -0.2) is 16.6 Å². The van der Waals surface area contributed by atoms with Gasteiger partial charge in [0.15, 0.2) is 11.5 Å². The van der Waals surface area contributed by atoms with Crippen LogP contribution in [0.2, 0.25) is 0 Å². The number of aromatic hydroxyl groups is 1. The summed E-state index contributed by atoms with van der Waals surface area (Å²) in [6.07, 6.45) is 1.88. The highest BCUT2D eigenvalue weighted by molar-refractivity contribution is 5.47. The molecule has 1 rings (SSSR count). The monoisotopic (exact) mass is 211 g/mol. The van der Waals surface area contributed by atoms with Crippen LogP contribution in [-0.2, 0) is 0 Å². The van der Waals surface area contributed by atoms with Crippen molar-refractivity contribution in [3.8, 4) is 11.5 Å². The van der Waals surface area contributed by atoms with Crippen molar-refractivity contribution in [3.63, 3.8) is 0 Å². The SMILES string of the molecule is CCCCOc1ccc([N+](=O)[O-])cc1O. The third kappa shape index (κ3) is 3.12. The number of nitrogens with zero attached hydrogens (tertiary/aromatic N) is 1. The van der Waals surface area contributed by atoms with Gasteiger partial charge in [0.1, 0.15) is 0 Å². The van der Waals surface area contributed by atoms with E-state index in [9.17, 15) is 15.2 Å². The summed E-state index contributed by atoms with van der Waals surface area (Å²) < 4.78 is 5.24. The van der Waals surface area contributed by atoms with Crippen LogP contribution in [0.3, 0.4) is 0 Å². The van der Waals surface area contributed by atoms with E-state index < -0.39 is 4.92 Å². The van der Waals surface area contributed by atoms with Crippen LogP contribution in [0, 0.1) is 10.1 Å². The fraction of sp³-hybridized carbons (Fsp3) is 0.400. The quantitative estimate of drug-likeness (QED) is 0.461. The number of ether oxygens (including phenoxy) is 1. The Bertz CT molecular complexity index is 351. The minimum atomic E-state index is -0.560. The van der Waals surface area contributed by atoms with Gasteiger partial charge >= 0.3 is 0 Å². The van der Waals surface area contributed by atoms with Crippen LogP contribution in [0.4, 0.5) is 5.69 Å². The topological polar surface area (TPSA) is 72.6 Å². The number of rotatable bonds is 5. The Kier molecular flexibility index (Phi) is 3.91. The number of non-ortho nitro benzene ring substituents is 1. The lowest BCUT2D eigenvalue weighted by molar-refractivity contribution is -0.385. The summed E-state index contributed by atoms with van der Waals surface area (Å²) in [5.74, 6) is 0.0920. The first-order valence-electron chi connectivity index (χ1n) is 4.75. The molecule has 0 bridgehead atoms. The third-order valence-corrected chi connectivity index (χ3v) is 1.91. The number of nitro groups is 1. The lowest BCUT2D eigenvalue weighted by Gasteiger charge is -2.06. The van der Waals surface area contributed by atoms with Crippen molar-refractivity contribution in [1.82, 2.24) is 0 Å². The zero-order valence-corrected chi connectivity index (χ0v) is 8.47. The van der Waals surface area contributed by atoms with Gasteiger partial charge in [0.25, 0.3) is 5.69 Å². The predicted molar refractivity (Wildman–Crippen MR) is 55.2 cm³/mol. The van der Waals surface area contributed by atoms with E-state index in [-0.39, 0.29) is 17.2 Å². The molecule has 0 saturated heterocycles. The smallest absolute Gasteiger partial charge is 0.273 e. The van der Waals surface area contributed by atoms with Crippen molar-refractivity contribution in [2.24, 2.45) is 0 Å². The summed E-state index contributed by atoms with van der Waals surface area (Å²) in [5.41, 5.74) is -0.143. The molecule has 15 heavy (non-hydrogen) atoms. The van der Waals surface area contributed by atoms with Gasteiger partial charge in [0.05, 0.1) is 17.6 Å². The summed E-state index contributed by atoms with van der Waals surface area (Å²) in [7, 11) is 0. The minimum absolute atomic E-state index is 0.143. The van der Waals surface area contributed by atoms with Crippen molar-refractivity contribution < 1.29 is 14.8 Å². The normalized spacial score (nSPS) is 9.93. The van der Waals surface area contributed by atoms with E-state index >= 15 is 0 Å². The summed E-state index contributed by atoms with van der Waals surface area (Å²) in [6.45, 7) is 2.53. The molecule has 0 atom stereocenters. The molecule has 0 amide bonds. The molecule has 0 unspecified atom stereocenters. The van der Waals surface area contributed by atoms with Crippen LogP contribution >= 0.6 is 0 Å². The Morgan fingerprint density at radius 2 is 2.27 bits per heavy atom. The van der Waals surface area contributed by atoms with Gasteiger partial charge in [0.2, 0.25) is 0 Å².